The predicted octanol–water partition coefficient (Wildman–Crippen LogP) is -0.905. The van der Waals surface area contributed by atoms with E-state index in [0.717, 1.165) is 0 Å². The van der Waals surface area contributed by atoms with Crippen LogP contribution < -0.4 is 16.4 Å². The van der Waals surface area contributed by atoms with Crippen LogP contribution >= 0.6 is 0 Å². The summed E-state index contributed by atoms with van der Waals surface area (Å²) in [5, 5.41) is 4.75. The van der Waals surface area contributed by atoms with E-state index >= 15 is 0 Å². The molecule has 0 aliphatic heterocycles. The van der Waals surface area contributed by atoms with Gasteiger partial charge in [-0.15, -0.1) is 0 Å². The summed E-state index contributed by atoms with van der Waals surface area (Å²) in [6.45, 7) is 0.575. The fourth-order valence-corrected chi connectivity index (χ4v) is 0.891. The molecule has 0 spiro atoms. The second-order valence-corrected chi connectivity index (χ2v) is 2.74. The number of pyridine rings is 1. The fraction of sp³-hybridized carbons (Fsp3) is 0.222. The van der Waals surface area contributed by atoms with Crippen molar-refractivity contribution >= 4 is 17.5 Å². The Hall–Kier alpha value is -1.95. The lowest BCUT2D eigenvalue weighted by molar-refractivity contribution is -0.136. The van der Waals surface area contributed by atoms with E-state index in [1.165, 1.54) is 6.20 Å². The molecule has 80 valence electrons. The molecule has 0 unspecified atom stereocenters. The Balaban J connectivity index is 2.45. The van der Waals surface area contributed by atoms with Gasteiger partial charge in [0, 0.05) is 19.3 Å². The van der Waals surface area contributed by atoms with Crippen LogP contribution in [0.2, 0.25) is 0 Å². The summed E-state index contributed by atoms with van der Waals surface area (Å²) in [4.78, 5) is 26.1. The van der Waals surface area contributed by atoms with E-state index in [2.05, 4.69) is 15.6 Å². The standard InChI is InChI=1S/C9H12N4O2/c10-3-5-12-8(14)9(15)13-7-2-1-4-11-6-7/h1-2,4,6H,3,5,10H2,(H,12,14)(H,13,15). The second-order valence-electron chi connectivity index (χ2n) is 2.74. The normalized spacial score (nSPS) is 9.40. The van der Waals surface area contributed by atoms with Crippen molar-refractivity contribution in [2.45, 2.75) is 0 Å². The topological polar surface area (TPSA) is 97.1 Å². The third-order valence-electron chi connectivity index (χ3n) is 1.56. The number of amides is 2. The minimum Gasteiger partial charge on any atom is -0.347 e. The molecular weight excluding hydrogens is 196 g/mol. The van der Waals surface area contributed by atoms with Crippen LogP contribution in [0.4, 0.5) is 5.69 Å². The third-order valence-corrected chi connectivity index (χ3v) is 1.56. The summed E-state index contributed by atoms with van der Waals surface area (Å²) in [5.74, 6) is -1.43. The highest BCUT2D eigenvalue weighted by Crippen LogP contribution is 2.01. The van der Waals surface area contributed by atoms with Crippen LogP contribution in [0.1, 0.15) is 0 Å². The molecule has 15 heavy (non-hydrogen) atoms. The Morgan fingerprint density at radius 3 is 2.80 bits per heavy atom. The van der Waals surface area contributed by atoms with E-state index < -0.39 is 11.8 Å². The number of aromatic nitrogens is 1. The first kappa shape index (κ1) is 11.1. The van der Waals surface area contributed by atoms with Crippen LogP contribution in [0.25, 0.3) is 0 Å². The molecule has 0 aliphatic rings. The average Bonchev–Trinajstić information content (AvgIpc) is 2.27. The number of hydrogen-bond donors (Lipinski definition) is 3. The Kier molecular flexibility index (Phi) is 4.24. The van der Waals surface area contributed by atoms with Gasteiger partial charge in [-0.05, 0) is 12.1 Å². The van der Waals surface area contributed by atoms with Crippen LogP contribution in [0.3, 0.4) is 0 Å². The molecular formula is C9H12N4O2. The summed E-state index contributed by atoms with van der Waals surface area (Å²) in [7, 11) is 0. The van der Waals surface area contributed by atoms with Crippen LogP contribution in [-0.2, 0) is 9.59 Å². The molecule has 0 saturated heterocycles. The lowest BCUT2D eigenvalue weighted by Gasteiger charge is -2.04. The Morgan fingerprint density at radius 2 is 2.20 bits per heavy atom. The number of nitrogens with zero attached hydrogens (tertiary/aromatic N) is 1. The van der Waals surface area contributed by atoms with E-state index in [-0.39, 0.29) is 6.54 Å². The average molecular weight is 208 g/mol. The molecule has 6 heteroatoms. The molecule has 0 radical (unpaired) electrons. The lowest BCUT2D eigenvalue weighted by Crippen LogP contribution is -2.37. The van der Waals surface area contributed by atoms with E-state index in [1.54, 1.807) is 18.3 Å². The molecule has 0 fully saturated rings. The van der Waals surface area contributed by atoms with E-state index in [4.69, 9.17) is 5.73 Å². The summed E-state index contributed by atoms with van der Waals surface area (Å²) in [6, 6.07) is 3.30. The first-order valence-electron chi connectivity index (χ1n) is 4.43. The number of rotatable bonds is 3. The summed E-state index contributed by atoms with van der Waals surface area (Å²) < 4.78 is 0. The highest BCUT2D eigenvalue weighted by Gasteiger charge is 2.12. The lowest BCUT2D eigenvalue weighted by atomic mass is 10.4. The number of nitrogens with one attached hydrogen (secondary N) is 2. The zero-order valence-corrected chi connectivity index (χ0v) is 8.06. The SMILES string of the molecule is NCCNC(=O)C(=O)Nc1cccnc1. The first-order chi connectivity index (χ1) is 7.24. The van der Waals surface area contributed by atoms with Gasteiger partial charge in [0.25, 0.3) is 0 Å². The predicted molar refractivity (Wildman–Crippen MR) is 54.9 cm³/mol. The smallest absolute Gasteiger partial charge is 0.313 e. The third kappa shape index (κ3) is 3.74. The van der Waals surface area contributed by atoms with Crippen molar-refractivity contribution in [1.82, 2.24) is 10.3 Å². The molecule has 0 bridgehead atoms. The highest BCUT2D eigenvalue weighted by atomic mass is 16.2. The van der Waals surface area contributed by atoms with Gasteiger partial charge in [-0.3, -0.25) is 14.6 Å². The van der Waals surface area contributed by atoms with Crippen molar-refractivity contribution in [3.63, 3.8) is 0 Å². The molecule has 1 aromatic heterocycles. The molecule has 0 aliphatic carbocycles. The maximum Gasteiger partial charge on any atom is 0.313 e. The van der Waals surface area contributed by atoms with Crippen molar-refractivity contribution in [2.24, 2.45) is 5.73 Å². The van der Waals surface area contributed by atoms with Gasteiger partial charge in [-0.1, -0.05) is 0 Å². The monoisotopic (exact) mass is 208 g/mol. The van der Waals surface area contributed by atoms with Gasteiger partial charge >= 0.3 is 11.8 Å². The molecule has 2 amide bonds. The molecule has 4 N–H and O–H groups in total. The van der Waals surface area contributed by atoms with Crippen LogP contribution in [0.15, 0.2) is 24.5 Å². The fourth-order valence-electron chi connectivity index (χ4n) is 0.891. The number of hydrogen-bond acceptors (Lipinski definition) is 4. The van der Waals surface area contributed by atoms with Gasteiger partial charge in [-0.25, -0.2) is 0 Å². The molecule has 0 atom stereocenters. The Morgan fingerprint density at radius 1 is 1.40 bits per heavy atom. The van der Waals surface area contributed by atoms with Crippen molar-refractivity contribution in [2.75, 3.05) is 18.4 Å². The largest absolute Gasteiger partial charge is 0.347 e. The van der Waals surface area contributed by atoms with E-state index in [9.17, 15) is 9.59 Å². The molecule has 0 aromatic carbocycles. The summed E-state index contributed by atoms with van der Waals surface area (Å²) in [6.07, 6.45) is 3.03. The first-order valence-corrected chi connectivity index (χ1v) is 4.43. The number of anilines is 1. The van der Waals surface area contributed by atoms with Gasteiger partial charge in [0.2, 0.25) is 0 Å². The molecule has 1 rings (SSSR count). The maximum absolute atomic E-state index is 11.2. The van der Waals surface area contributed by atoms with Crippen LogP contribution in [0.5, 0.6) is 0 Å². The van der Waals surface area contributed by atoms with Crippen molar-refractivity contribution in [1.29, 1.82) is 0 Å². The molecule has 6 nitrogen and oxygen atoms in total. The van der Waals surface area contributed by atoms with Crippen molar-refractivity contribution in [3.05, 3.63) is 24.5 Å². The highest BCUT2D eigenvalue weighted by molar-refractivity contribution is 6.39. The second kappa shape index (κ2) is 5.71. The van der Waals surface area contributed by atoms with Crippen molar-refractivity contribution < 1.29 is 9.59 Å². The van der Waals surface area contributed by atoms with E-state index in [1.807, 2.05) is 0 Å². The minimum absolute atomic E-state index is 0.277. The summed E-state index contributed by atoms with van der Waals surface area (Å²) in [5.41, 5.74) is 5.65. The molecule has 1 heterocycles. The zero-order chi connectivity index (χ0) is 11.1. The summed E-state index contributed by atoms with van der Waals surface area (Å²) >= 11 is 0. The quantitative estimate of drug-likeness (QED) is 0.560. The van der Waals surface area contributed by atoms with Gasteiger partial charge in [0.1, 0.15) is 0 Å². The Labute approximate surface area is 86.9 Å². The number of carbonyl (C=O) groups excluding carboxylic acids is 2. The van der Waals surface area contributed by atoms with Gasteiger partial charge < -0.3 is 16.4 Å². The molecule has 1 aromatic rings. The number of nitrogens with two attached hydrogens (primary N) is 1. The minimum atomic E-state index is -0.726. The molecule has 0 saturated carbocycles. The van der Waals surface area contributed by atoms with Crippen molar-refractivity contribution in [3.8, 4) is 0 Å². The van der Waals surface area contributed by atoms with E-state index in [0.29, 0.717) is 12.2 Å². The van der Waals surface area contributed by atoms with Gasteiger partial charge in [0.15, 0.2) is 0 Å². The Bertz CT molecular complexity index is 339. The van der Waals surface area contributed by atoms with Crippen LogP contribution in [-0.4, -0.2) is 29.9 Å². The van der Waals surface area contributed by atoms with Gasteiger partial charge in [-0.2, -0.15) is 0 Å². The number of carbonyl (C=O) groups is 2. The maximum atomic E-state index is 11.2. The zero-order valence-electron chi connectivity index (χ0n) is 8.06. The van der Waals surface area contributed by atoms with Crippen LogP contribution in [0, 0.1) is 0 Å². The van der Waals surface area contributed by atoms with Gasteiger partial charge in [0.05, 0.1) is 11.9 Å².